The Bertz CT molecular complexity index is 622. The summed E-state index contributed by atoms with van der Waals surface area (Å²) in [6.07, 6.45) is -9.05. The molecule has 24 heavy (non-hydrogen) atoms. The van der Waals surface area contributed by atoms with Crippen LogP contribution in [-0.4, -0.2) is 75.0 Å². The maximum atomic E-state index is 12.0. The molecule has 0 aliphatic carbocycles. The number of aromatic hydroxyl groups is 1. The molecule has 2 aliphatic rings. The second-order valence-corrected chi connectivity index (χ2v) is 5.45. The van der Waals surface area contributed by atoms with Crippen molar-refractivity contribution in [3.63, 3.8) is 0 Å². The predicted molar refractivity (Wildman–Crippen MR) is 76.0 cm³/mol. The number of hydrogen-bond donors (Lipinski definition) is 6. The van der Waals surface area contributed by atoms with Crippen LogP contribution in [0.1, 0.15) is 0 Å². The third-order valence-electron chi connectivity index (χ3n) is 3.78. The van der Waals surface area contributed by atoms with Gasteiger partial charge in [0, 0.05) is 6.07 Å². The molecule has 0 bridgehead atoms. The number of aliphatic hydroxyl groups excluding tert-OH is 4. The first-order valence-electron chi connectivity index (χ1n) is 7.17. The highest BCUT2D eigenvalue weighted by atomic mass is 16.8. The van der Waals surface area contributed by atoms with Gasteiger partial charge in [0.15, 0.2) is 12.0 Å². The van der Waals surface area contributed by atoms with Crippen molar-refractivity contribution < 1.29 is 44.5 Å². The predicted octanol–water partition coefficient (Wildman–Crippen LogP) is -2.13. The maximum absolute atomic E-state index is 12.0. The molecule has 1 aromatic rings. The first kappa shape index (κ1) is 16.9. The van der Waals surface area contributed by atoms with Gasteiger partial charge < -0.3 is 45.1 Å². The van der Waals surface area contributed by atoms with Crippen LogP contribution < -0.4 is 10.1 Å². The van der Waals surface area contributed by atoms with E-state index in [9.17, 15) is 25.2 Å². The van der Waals surface area contributed by atoms with Gasteiger partial charge >= 0.3 is 0 Å². The number of benzene rings is 1. The van der Waals surface area contributed by atoms with E-state index in [1.807, 2.05) is 0 Å². The van der Waals surface area contributed by atoms with Crippen molar-refractivity contribution in [2.75, 3.05) is 11.9 Å². The van der Waals surface area contributed by atoms with E-state index in [1.54, 1.807) is 0 Å². The van der Waals surface area contributed by atoms with Gasteiger partial charge in [-0.2, -0.15) is 0 Å². The smallest absolute Gasteiger partial charge is 0.294 e. The SMILES string of the molecule is O=C1Nc2ccc(O)cc2O[C@@H]1O[C@@H]1O[C@H](CO)[C@@H](O)[C@H](O)[C@H]1O. The number of carbonyl (C=O) groups is 1. The second kappa shape index (κ2) is 6.51. The maximum Gasteiger partial charge on any atom is 0.294 e. The zero-order valence-corrected chi connectivity index (χ0v) is 12.3. The number of carbonyl (C=O) groups excluding carboxylic acids is 1. The number of phenols is 1. The summed E-state index contributed by atoms with van der Waals surface area (Å²) in [6, 6.07) is 4.06. The standard InChI is InChI=1S/C14H17NO9/c16-4-8-9(18)10(19)11(20)13(23-8)24-14-12(21)15-6-2-1-5(17)3-7(6)22-14/h1-3,8-11,13-14,16-20H,4H2,(H,15,21)/t8-,9-,10+,11-,13+,14-/m1/s1. The van der Waals surface area contributed by atoms with Crippen LogP contribution in [-0.2, 0) is 14.3 Å². The van der Waals surface area contributed by atoms with Crippen molar-refractivity contribution in [1.82, 2.24) is 0 Å². The van der Waals surface area contributed by atoms with E-state index >= 15 is 0 Å². The summed E-state index contributed by atoms with van der Waals surface area (Å²) >= 11 is 0. The molecule has 0 unspecified atom stereocenters. The highest BCUT2D eigenvalue weighted by Crippen LogP contribution is 2.34. The van der Waals surface area contributed by atoms with Crippen LogP contribution in [0.25, 0.3) is 0 Å². The third-order valence-corrected chi connectivity index (χ3v) is 3.78. The Kier molecular flexibility index (Phi) is 4.58. The lowest BCUT2D eigenvalue weighted by Gasteiger charge is -2.40. The van der Waals surface area contributed by atoms with Crippen molar-refractivity contribution >= 4 is 11.6 Å². The van der Waals surface area contributed by atoms with E-state index < -0.39 is 49.5 Å². The van der Waals surface area contributed by atoms with Gasteiger partial charge in [-0.05, 0) is 12.1 Å². The molecule has 1 aromatic carbocycles. The summed E-state index contributed by atoms with van der Waals surface area (Å²) in [6.45, 7) is -0.626. The molecule has 1 saturated heterocycles. The molecular weight excluding hydrogens is 326 g/mol. The Morgan fingerprint density at radius 1 is 1.17 bits per heavy atom. The highest BCUT2D eigenvalue weighted by Gasteiger charge is 2.46. The molecule has 0 radical (unpaired) electrons. The van der Waals surface area contributed by atoms with Crippen molar-refractivity contribution in [3.8, 4) is 11.5 Å². The highest BCUT2D eigenvalue weighted by molar-refractivity contribution is 5.97. The van der Waals surface area contributed by atoms with Crippen LogP contribution in [0.2, 0.25) is 0 Å². The average molecular weight is 343 g/mol. The molecule has 6 atom stereocenters. The molecule has 2 aliphatic heterocycles. The number of amides is 1. The van der Waals surface area contributed by atoms with Crippen molar-refractivity contribution in [2.24, 2.45) is 0 Å². The average Bonchev–Trinajstić information content (AvgIpc) is 2.56. The Labute approximate surface area is 135 Å². The monoisotopic (exact) mass is 343 g/mol. The van der Waals surface area contributed by atoms with Gasteiger partial charge in [0.2, 0.25) is 0 Å². The zero-order chi connectivity index (χ0) is 17.4. The number of fused-ring (bicyclic) bond motifs is 1. The number of rotatable bonds is 3. The zero-order valence-electron chi connectivity index (χ0n) is 12.3. The lowest BCUT2D eigenvalue weighted by atomic mass is 9.99. The number of hydrogen-bond acceptors (Lipinski definition) is 9. The molecule has 0 aromatic heterocycles. The van der Waals surface area contributed by atoms with E-state index in [4.69, 9.17) is 19.3 Å². The molecule has 2 heterocycles. The fourth-order valence-electron chi connectivity index (χ4n) is 2.46. The quantitative estimate of drug-likeness (QED) is 0.337. The van der Waals surface area contributed by atoms with Crippen molar-refractivity contribution in [3.05, 3.63) is 18.2 Å². The lowest BCUT2D eigenvalue weighted by Crippen LogP contribution is -2.60. The van der Waals surface area contributed by atoms with Gasteiger partial charge in [0.25, 0.3) is 12.2 Å². The van der Waals surface area contributed by atoms with E-state index in [0.29, 0.717) is 5.69 Å². The van der Waals surface area contributed by atoms with Crippen LogP contribution >= 0.6 is 0 Å². The van der Waals surface area contributed by atoms with Crippen molar-refractivity contribution in [2.45, 2.75) is 37.0 Å². The summed E-state index contributed by atoms with van der Waals surface area (Å²) in [5, 5.41) is 50.4. The molecule has 1 fully saturated rings. The topological polar surface area (TPSA) is 158 Å². The Balaban J connectivity index is 1.74. The molecule has 0 spiro atoms. The fraction of sp³-hybridized carbons (Fsp3) is 0.500. The number of nitrogens with one attached hydrogen (secondary N) is 1. The summed E-state index contributed by atoms with van der Waals surface area (Å²) in [5.74, 6) is -0.633. The molecule has 3 rings (SSSR count). The molecule has 6 N–H and O–H groups in total. The van der Waals surface area contributed by atoms with Crippen LogP contribution in [0.15, 0.2) is 18.2 Å². The third kappa shape index (κ3) is 3.02. The van der Waals surface area contributed by atoms with Gasteiger partial charge in [0.05, 0.1) is 12.3 Å². The summed E-state index contributed by atoms with van der Waals surface area (Å²) in [5.41, 5.74) is 0.325. The summed E-state index contributed by atoms with van der Waals surface area (Å²) < 4.78 is 15.7. The first-order chi connectivity index (χ1) is 11.4. The normalized spacial score (nSPS) is 35.8. The first-order valence-corrected chi connectivity index (χ1v) is 7.17. The van der Waals surface area contributed by atoms with E-state index in [1.165, 1.54) is 18.2 Å². The minimum atomic E-state index is -1.66. The van der Waals surface area contributed by atoms with Crippen LogP contribution in [0.3, 0.4) is 0 Å². The van der Waals surface area contributed by atoms with Gasteiger partial charge in [-0.1, -0.05) is 0 Å². The Morgan fingerprint density at radius 3 is 2.62 bits per heavy atom. The number of anilines is 1. The van der Waals surface area contributed by atoms with Crippen molar-refractivity contribution in [1.29, 1.82) is 0 Å². The van der Waals surface area contributed by atoms with Crippen LogP contribution in [0.5, 0.6) is 11.5 Å². The number of phenolic OH excluding ortho intramolecular Hbond substituents is 1. The number of aliphatic hydroxyl groups is 4. The van der Waals surface area contributed by atoms with Gasteiger partial charge in [-0.3, -0.25) is 4.79 Å². The van der Waals surface area contributed by atoms with Gasteiger partial charge in [0.1, 0.15) is 30.2 Å². The molecule has 0 saturated carbocycles. The van der Waals surface area contributed by atoms with E-state index in [0.717, 1.165) is 0 Å². The fourth-order valence-corrected chi connectivity index (χ4v) is 2.46. The molecule has 132 valence electrons. The Morgan fingerprint density at radius 2 is 1.92 bits per heavy atom. The minimum Gasteiger partial charge on any atom is -0.508 e. The molecule has 10 heteroatoms. The van der Waals surface area contributed by atoms with E-state index in [-0.39, 0.29) is 11.5 Å². The molecular formula is C14H17NO9. The van der Waals surface area contributed by atoms with Crippen LogP contribution in [0.4, 0.5) is 5.69 Å². The number of ether oxygens (including phenoxy) is 3. The largest absolute Gasteiger partial charge is 0.508 e. The molecule has 1 amide bonds. The summed E-state index contributed by atoms with van der Waals surface area (Å²) in [4.78, 5) is 12.0. The summed E-state index contributed by atoms with van der Waals surface area (Å²) in [7, 11) is 0. The minimum absolute atomic E-state index is 0.0866. The van der Waals surface area contributed by atoms with Gasteiger partial charge in [-0.25, -0.2) is 0 Å². The molecule has 10 nitrogen and oxygen atoms in total. The van der Waals surface area contributed by atoms with Crippen LogP contribution in [0, 0.1) is 0 Å². The lowest BCUT2D eigenvalue weighted by molar-refractivity contribution is -0.322. The second-order valence-electron chi connectivity index (χ2n) is 5.45. The van der Waals surface area contributed by atoms with E-state index in [2.05, 4.69) is 5.32 Å². The Hall–Kier alpha value is -1.95. The van der Waals surface area contributed by atoms with Gasteiger partial charge in [-0.15, -0.1) is 0 Å².